The summed E-state index contributed by atoms with van der Waals surface area (Å²) in [5, 5.41) is 10.5. The van der Waals surface area contributed by atoms with Crippen molar-refractivity contribution >= 4 is 33.2 Å². The van der Waals surface area contributed by atoms with Crippen LogP contribution in [0.15, 0.2) is 43.0 Å². The van der Waals surface area contributed by atoms with E-state index in [9.17, 15) is 9.90 Å². The number of imidazole rings is 1. The maximum atomic E-state index is 11.8. The van der Waals surface area contributed by atoms with Gasteiger partial charge in [-0.1, -0.05) is 41.7 Å². The van der Waals surface area contributed by atoms with Gasteiger partial charge in [-0.2, -0.15) is 9.38 Å². The number of benzene rings is 1. The monoisotopic (exact) mass is 311 g/mol. The molecule has 0 spiro atoms. The third kappa shape index (κ3) is 1.72. The van der Waals surface area contributed by atoms with Crippen molar-refractivity contribution in [3.8, 4) is 16.3 Å². The molecule has 0 saturated heterocycles. The van der Waals surface area contributed by atoms with E-state index in [4.69, 9.17) is 0 Å². The Bertz CT molecular complexity index is 1020. The molecular weight excluding hydrogens is 300 g/mol. The summed E-state index contributed by atoms with van der Waals surface area (Å²) in [4.78, 5) is 21.6. The molecule has 0 unspecified atom stereocenters. The van der Waals surface area contributed by atoms with Crippen molar-refractivity contribution in [3.05, 3.63) is 43.0 Å². The molecule has 4 aromatic rings. The molecule has 0 radical (unpaired) electrons. The van der Waals surface area contributed by atoms with Crippen molar-refractivity contribution < 1.29 is 14.3 Å². The van der Waals surface area contributed by atoms with Crippen molar-refractivity contribution in [2.45, 2.75) is 6.92 Å². The Morgan fingerprint density at radius 3 is 2.77 bits per heavy atom. The smallest absolute Gasteiger partial charge is 0.306 e. The van der Waals surface area contributed by atoms with Crippen LogP contribution in [0.25, 0.3) is 26.4 Å². The van der Waals surface area contributed by atoms with Crippen LogP contribution >= 0.6 is 11.3 Å². The number of aromatic hydroxyl groups is 1. The van der Waals surface area contributed by atoms with E-state index in [0.29, 0.717) is 11.2 Å². The maximum absolute atomic E-state index is 11.8. The molecule has 4 rings (SSSR count). The van der Waals surface area contributed by atoms with E-state index in [1.54, 1.807) is 4.40 Å². The fourth-order valence-electron chi connectivity index (χ4n) is 2.43. The van der Waals surface area contributed by atoms with Gasteiger partial charge < -0.3 is 5.11 Å². The topological polar surface area (TPSA) is 72.1 Å². The van der Waals surface area contributed by atoms with Crippen molar-refractivity contribution in [2.75, 3.05) is 0 Å². The molecule has 3 heterocycles. The van der Waals surface area contributed by atoms with E-state index in [-0.39, 0.29) is 11.8 Å². The normalized spacial score (nSPS) is 11.3. The molecule has 0 aliphatic carbocycles. The number of aromatic nitrogens is 4. The lowest BCUT2D eigenvalue weighted by Crippen LogP contribution is -2.20. The number of hydrogen-bond acceptors (Lipinski definition) is 5. The Morgan fingerprint density at radius 2 is 2.05 bits per heavy atom. The largest absolute Gasteiger partial charge is 0.476 e. The number of carbonyl (C=O) groups excluding carboxylic acids is 1. The van der Waals surface area contributed by atoms with Crippen LogP contribution in [-0.4, -0.2) is 25.5 Å². The molecule has 0 fully saturated rings. The van der Waals surface area contributed by atoms with Crippen LogP contribution in [0.4, 0.5) is 0 Å². The Morgan fingerprint density at radius 1 is 1.27 bits per heavy atom. The SMILES string of the molecule is CC(=O)n1cnc2nc[n+]3c(O)c(-c4ccccc4)sc3c21. The molecule has 0 aliphatic rings. The first-order valence-corrected chi connectivity index (χ1v) is 7.44. The molecule has 0 amide bonds. The van der Waals surface area contributed by atoms with Gasteiger partial charge >= 0.3 is 5.88 Å². The summed E-state index contributed by atoms with van der Waals surface area (Å²) in [6.07, 6.45) is 2.98. The average molecular weight is 311 g/mol. The lowest BCUT2D eigenvalue weighted by Gasteiger charge is -1.94. The van der Waals surface area contributed by atoms with Crippen molar-refractivity contribution in [1.82, 2.24) is 14.5 Å². The van der Waals surface area contributed by atoms with Gasteiger partial charge in [-0.05, 0) is 10.5 Å². The highest BCUT2D eigenvalue weighted by Crippen LogP contribution is 2.35. The van der Waals surface area contributed by atoms with E-state index in [2.05, 4.69) is 9.97 Å². The van der Waals surface area contributed by atoms with Crippen LogP contribution in [-0.2, 0) is 0 Å². The number of carbonyl (C=O) groups is 1. The first-order chi connectivity index (χ1) is 10.7. The molecule has 0 aliphatic heterocycles. The van der Waals surface area contributed by atoms with E-state index >= 15 is 0 Å². The zero-order chi connectivity index (χ0) is 15.3. The zero-order valence-corrected chi connectivity index (χ0v) is 12.4. The predicted molar refractivity (Wildman–Crippen MR) is 82.0 cm³/mol. The van der Waals surface area contributed by atoms with Gasteiger partial charge in [0.05, 0.1) is 0 Å². The highest BCUT2D eigenvalue weighted by Gasteiger charge is 2.24. The summed E-state index contributed by atoms with van der Waals surface area (Å²) in [6.45, 7) is 1.47. The highest BCUT2D eigenvalue weighted by atomic mass is 32.1. The first-order valence-electron chi connectivity index (χ1n) is 6.62. The van der Waals surface area contributed by atoms with Crippen LogP contribution in [0.2, 0.25) is 0 Å². The van der Waals surface area contributed by atoms with Gasteiger partial charge in [-0.25, -0.2) is 0 Å². The number of nitrogens with zero attached hydrogens (tertiary/aromatic N) is 4. The number of rotatable bonds is 1. The van der Waals surface area contributed by atoms with Gasteiger partial charge in [0.25, 0.3) is 12.0 Å². The Balaban J connectivity index is 2.11. The van der Waals surface area contributed by atoms with E-state index in [0.717, 1.165) is 15.3 Å². The zero-order valence-electron chi connectivity index (χ0n) is 11.6. The average Bonchev–Trinajstić information content (AvgIpc) is 3.09. The minimum absolute atomic E-state index is 0.108. The van der Waals surface area contributed by atoms with Gasteiger partial charge in [0.2, 0.25) is 10.7 Å². The van der Waals surface area contributed by atoms with Crippen LogP contribution < -0.4 is 4.40 Å². The molecule has 0 saturated carbocycles. The molecule has 22 heavy (non-hydrogen) atoms. The molecule has 6 nitrogen and oxygen atoms in total. The second-order valence-corrected chi connectivity index (χ2v) is 5.85. The summed E-state index contributed by atoms with van der Waals surface area (Å²) >= 11 is 1.40. The maximum Gasteiger partial charge on any atom is 0.306 e. The molecule has 3 aromatic heterocycles. The van der Waals surface area contributed by atoms with E-state index in [1.165, 1.54) is 35.5 Å². The molecule has 1 N–H and O–H groups in total. The van der Waals surface area contributed by atoms with Gasteiger partial charge in [0, 0.05) is 6.92 Å². The first kappa shape index (κ1) is 12.9. The minimum Gasteiger partial charge on any atom is -0.476 e. The number of hydrogen-bond donors (Lipinski definition) is 1. The molecule has 7 heteroatoms. The summed E-state index contributed by atoms with van der Waals surface area (Å²) in [6, 6.07) is 9.61. The van der Waals surface area contributed by atoms with E-state index < -0.39 is 0 Å². The molecule has 0 bridgehead atoms. The standard InChI is InChI=1S/C15H10N4O2S/c1-9(20)18-7-16-13-11(18)15-19(8-17-13)14(21)12(22-15)10-5-3-2-4-6-10/h2-8H,1H3/p+1. The predicted octanol–water partition coefficient (Wildman–Crippen LogP) is 2.26. The molecule has 108 valence electrons. The van der Waals surface area contributed by atoms with Crippen molar-refractivity contribution in [2.24, 2.45) is 0 Å². The summed E-state index contributed by atoms with van der Waals surface area (Å²) in [5.74, 6) is -0.0385. The molecule has 1 aromatic carbocycles. The third-order valence-electron chi connectivity index (χ3n) is 3.47. The Labute approximate surface area is 128 Å². The van der Waals surface area contributed by atoms with E-state index in [1.807, 2.05) is 30.3 Å². The third-order valence-corrected chi connectivity index (χ3v) is 4.68. The summed E-state index contributed by atoms with van der Waals surface area (Å²) < 4.78 is 3.03. The lowest BCUT2D eigenvalue weighted by atomic mass is 10.2. The van der Waals surface area contributed by atoms with Gasteiger partial charge in [0.15, 0.2) is 5.52 Å². The molecule has 0 atom stereocenters. The van der Waals surface area contributed by atoms with Crippen LogP contribution in [0, 0.1) is 0 Å². The fourth-order valence-corrected chi connectivity index (χ4v) is 3.58. The van der Waals surface area contributed by atoms with Crippen molar-refractivity contribution in [1.29, 1.82) is 0 Å². The van der Waals surface area contributed by atoms with Crippen LogP contribution in [0.5, 0.6) is 5.88 Å². The lowest BCUT2D eigenvalue weighted by molar-refractivity contribution is -0.520. The quantitative estimate of drug-likeness (QED) is 0.547. The summed E-state index contributed by atoms with van der Waals surface area (Å²) in [5.41, 5.74) is 2.00. The Kier molecular flexibility index (Phi) is 2.70. The summed E-state index contributed by atoms with van der Waals surface area (Å²) in [7, 11) is 0. The van der Waals surface area contributed by atoms with Gasteiger partial charge in [-0.3, -0.25) is 9.36 Å². The number of thiazole rings is 1. The molecular formula is C15H11N4O2S+. The number of fused-ring (bicyclic) bond motifs is 3. The van der Waals surface area contributed by atoms with Crippen LogP contribution in [0.3, 0.4) is 0 Å². The van der Waals surface area contributed by atoms with Gasteiger partial charge in [-0.15, -0.1) is 0 Å². The Hall–Kier alpha value is -2.80. The second kappa shape index (κ2) is 4.60. The van der Waals surface area contributed by atoms with Crippen molar-refractivity contribution in [3.63, 3.8) is 0 Å². The second-order valence-electron chi connectivity index (χ2n) is 4.85. The minimum atomic E-state index is -0.147. The fraction of sp³-hybridized carbons (Fsp3) is 0.0667. The highest BCUT2D eigenvalue weighted by molar-refractivity contribution is 7.21. The van der Waals surface area contributed by atoms with Crippen LogP contribution in [0.1, 0.15) is 11.7 Å². The van der Waals surface area contributed by atoms with Gasteiger partial charge in [0.1, 0.15) is 11.2 Å².